The van der Waals surface area contributed by atoms with Crippen molar-refractivity contribution < 1.29 is 4.74 Å². The Hall–Kier alpha value is -1.46. The summed E-state index contributed by atoms with van der Waals surface area (Å²) < 4.78 is 5.34. The molecule has 0 unspecified atom stereocenters. The molecule has 1 rings (SSSR count). The van der Waals surface area contributed by atoms with Crippen LogP contribution in [0.15, 0.2) is 4.79 Å². The molecule has 1 aromatic rings. The lowest BCUT2D eigenvalue weighted by Crippen LogP contribution is -2.24. The van der Waals surface area contributed by atoms with Crippen LogP contribution in [-0.4, -0.2) is 22.0 Å². The Labute approximate surface area is 50.2 Å². The molecule has 1 aromatic heterocycles. The van der Waals surface area contributed by atoms with Gasteiger partial charge in [0.1, 0.15) is 0 Å². The minimum Gasteiger partial charge on any atom is -0.466 e. The number of nitrogens with zero attached hydrogens (tertiary/aromatic N) is 2. The molecule has 0 saturated carbocycles. The van der Waals surface area contributed by atoms with Crippen molar-refractivity contribution in [3.63, 3.8) is 0 Å². The molecule has 0 aliphatic heterocycles. The Morgan fingerprint density at radius 2 is 2.56 bits per heavy atom. The Morgan fingerprint density at radius 3 is 2.78 bits per heavy atom. The Morgan fingerprint density at radius 1 is 1.89 bits per heavy atom. The van der Waals surface area contributed by atoms with E-state index in [1.807, 2.05) is 0 Å². The van der Waals surface area contributed by atoms with Crippen molar-refractivity contribution >= 4 is 0 Å². The predicted molar refractivity (Wildman–Crippen MR) is 29.6 cm³/mol. The lowest BCUT2D eigenvalue weighted by Gasteiger charge is -1.92. The summed E-state index contributed by atoms with van der Waals surface area (Å²) in [6, 6.07) is 0.0694. The number of methoxy groups -OCH3 is 1. The van der Waals surface area contributed by atoms with Crippen LogP contribution in [0.25, 0.3) is 0 Å². The Kier molecular flexibility index (Phi) is 1.14. The molecule has 6 heteroatoms. The van der Waals surface area contributed by atoms with Crippen LogP contribution in [0.3, 0.4) is 0 Å². The minimum atomic E-state index is -0.494. The molecular weight excluding hydrogens is 124 g/mol. The summed E-state index contributed by atoms with van der Waals surface area (Å²) in [5.41, 5.74) is -0.494. The number of nitrogens with two attached hydrogens (primary N) is 1. The summed E-state index contributed by atoms with van der Waals surface area (Å²) in [6.45, 7) is 0. The number of nitrogen functional groups attached to an aromatic ring is 1. The normalized spacial score (nSPS) is 9.44. The van der Waals surface area contributed by atoms with Crippen LogP contribution in [-0.2, 0) is 0 Å². The number of hydrogen-bond donors (Lipinski definition) is 2. The van der Waals surface area contributed by atoms with E-state index < -0.39 is 5.69 Å². The number of nitrogens with one attached hydrogen (secondary N) is 1. The number of H-pyrrole nitrogens is 1. The molecular formula is C3H6N4O2. The molecule has 1 heterocycles. The van der Waals surface area contributed by atoms with E-state index in [1.165, 1.54) is 7.11 Å². The SMILES string of the molecule is COc1n[nH]c(=O)n1N. The molecule has 0 aromatic carbocycles. The van der Waals surface area contributed by atoms with E-state index in [0.717, 1.165) is 4.68 Å². The number of hydrogen-bond acceptors (Lipinski definition) is 4. The van der Waals surface area contributed by atoms with Crippen molar-refractivity contribution in [3.8, 4) is 6.01 Å². The van der Waals surface area contributed by atoms with Crippen molar-refractivity contribution in [2.24, 2.45) is 0 Å². The van der Waals surface area contributed by atoms with Crippen molar-refractivity contribution in [3.05, 3.63) is 10.5 Å². The van der Waals surface area contributed by atoms with Crippen LogP contribution in [0.2, 0.25) is 0 Å². The zero-order valence-electron chi connectivity index (χ0n) is 4.79. The molecule has 0 bridgehead atoms. The highest BCUT2D eigenvalue weighted by Gasteiger charge is 2.01. The van der Waals surface area contributed by atoms with Crippen LogP contribution in [0.4, 0.5) is 0 Å². The largest absolute Gasteiger partial charge is 0.466 e. The van der Waals surface area contributed by atoms with Crippen LogP contribution in [0.5, 0.6) is 6.01 Å². The molecule has 9 heavy (non-hydrogen) atoms. The van der Waals surface area contributed by atoms with E-state index in [9.17, 15) is 4.79 Å². The molecule has 0 aliphatic carbocycles. The van der Waals surface area contributed by atoms with Gasteiger partial charge in [0.2, 0.25) is 0 Å². The van der Waals surface area contributed by atoms with Gasteiger partial charge in [0.25, 0.3) is 0 Å². The van der Waals surface area contributed by atoms with Crippen molar-refractivity contribution in [2.75, 3.05) is 13.0 Å². The molecule has 0 saturated heterocycles. The van der Waals surface area contributed by atoms with Crippen LogP contribution >= 0.6 is 0 Å². The third kappa shape index (κ3) is 0.735. The van der Waals surface area contributed by atoms with Crippen molar-refractivity contribution in [1.29, 1.82) is 0 Å². The zero-order valence-corrected chi connectivity index (χ0v) is 4.79. The monoisotopic (exact) mass is 130 g/mol. The van der Waals surface area contributed by atoms with Crippen LogP contribution < -0.4 is 16.3 Å². The first-order valence-electron chi connectivity index (χ1n) is 2.22. The molecule has 3 N–H and O–H groups in total. The highest BCUT2D eigenvalue weighted by atomic mass is 16.5. The summed E-state index contributed by atoms with van der Waals surface area (Å²) in [7, 11) is 1.37. The van der Waals surface area contributed by atoms with Gasteiger partial charge in [0.05, 0.1) is 7.11 Å². The molecule has 0 amide bonds. The van der Waals surface area contributed by atoms with Crippen LogP contribution in [0, 0.1) is 0 Å². The third-order valence-corrected chi connectivity index (χ3v) is 0.855. The van der Waals surface area contributed by atoms with Crippen molar-refractivity contribution in [1.82, 2.24) is 14.9 Å². The molecule has 0 spiro atoms. The third-order valence-electron chi connectivity index (χ3n) is 0.855. The van der Waals surface area contributed by atoms with Gasteiger partial charge in [0.15, 0.2) is 0 Å². The predicted octanol–water partition coefficient (Wildman–Crippen LogP) is -1.71. The molecule has 6 nitrogen and oxygen atoms in total. The van der Waals surface area contributed by atoms with E-state index in [-0.39, 0.29) is 6.01 Å². The summed E-state index contributed by atoms with van der Waals surface area (Å²) in [4.78, 5) is 10.4. The molecule has 0 fully saturated rings. The fraction of sp³-hybridized carbons (Fsp3) is 0.333. The highest BCUT2D eigenvalue weighted by molar-refractivity contribution is 4.90. The maximum absolute atomic E-state index is 10.4. The smallest absolute Gasteiger partial charge is 0.364 e. The maximum Gasteiger partial charge on any atom is 0.364 e. The second-order valence-electron chi connectivity index (χ2n) is 1.39. The van der Waals surface area contributed by atoms with Gasteiger partial charge in [-0.15, -0.1) is 5.10 Å². The quantitative estimate of drug-likeness (QED) is 0.443. The van der Waals surface area contributed by atoms with Gasteiger partial charge in [0, 0.05) is 0 Å². The van der Waals surface area contributed by atoms with E-state index >= 15 is 0 Å². The first kappa shape index (κ1) is 5.67. The van der Waals surface area contributed by atoms with E-state index in [4.69, 9.17) is 5.84 Å². The maximum atomic E-state index is 10.4. The lowest BCUT2D eigenvalue weighted by atomic mass is 11.1. The van der Waals surface area contributed by atoms with Gasteiger partial charge in [-0.25, -0.2) is 9.89 Å². The Bertz CT molecular complexity index is 249. The second kappa shape index (κ2) is 1.81. The van der Waals surface area contributed by atoms with Gasteiger partial charge in [-0.3, -0.25) is 0 Å². The van der Waals surface area contributed by atoms with Gasteiger partial charge in [-0.2, -0.15) is 4.68 Å². The summed E-state index contributed by atoms with van der Waals surface area (Å²) in [5, 5.41) is 5.51. The van der Waals surface area contributed by atoms with Gasteiger partial charge >= 0.3 is 11.7 Å². The standard InChI is InChI=1S/C3H6N4O2/c1-9-3-6-5-2(8)7(3)4/h4H2,1H3,(H,5,8). The van der Waals surface area contributed by atoms with Gasteiger partial charge < -0.3 is 10.6 Å². The first-order chi connectivity index (χ1) is 4.25. The van der Waals surface area contributed by atoms with E-state index in [0.29, 0.717) is 0 Å². The number of ether oxygens (including phenoxy) is 1. The number of aromatic nitrogens is 3. The number of rotatable bonds is 1. The average molecular weight is 130 g/mol. The van der Waals surface area contributed by atoms with Gasteiger partial charge in [-0.1, -0.05) is 0 Å². The topological polar surface area (TPSA) is 85.9 Å². The summed E-state index contributed by atoms with van der Waals surface area (Å²) in [6.07, 6.45) is 0. The number of aromatic amines is 1. The minimum absolute atomic E-state index is 0.0694. The lowest BCUT2D eigenvalue weighted by molar-refractivity contribution is 0.367. The fourth-order valence-corrected chi connectivity index (χ4v) is 0.434. The molecule has 50 valence electrons. The van der Waals surface area contributed by atoms with Crippen molar-refractivity contribution in [2.45, 2.75) is 0 Å². The summed E-state index contributed by atoms with van der Waals surface area (Å²) >= 11 is 0. The fourth-order valence-electron chi connectivity index (χ4n) is 0.434. The zero-order chi connectivity index (χ0) is 6.85. The molecule has 0 radical (unpaired) electrons. The highest BCUT2D eigenvalue weighted by Crippen LogP contribution is 1.91. The first-order valence-corrected chi connectivity index (χ1v) is 2.22. The van der Waals surface area contributed by atoms with E-state index in [2.05, 4.69) is 14.9 Å². The Balaban J connectivity index is 3.20. The summed E-state index contributed by atoms with van der Waals surface area (Å²) in [5.74, 6) is 5.10. The molecule has 0 aliphatic rings. The van der Waals surface area contributed by atoms with Crippen LogP contribution in [0.1, 0.15) is 0 Å². The average Bonchev–Trinajstić information content (AvgIpc) is 2.15. The van der Waals surface area contributed by atoms with E-state index in [1.54, 1.807) is 0 Å². The second-order valence-corrected chi connectivity index (χ2v) is 1.39. The van der Waals surface area contributed by atoms with Gasteiger partial charge in [-0.05, 0) is 0 Å². The molecule has 0 atom stereocenters.